The van der Waals surface area contributed by atoms with Crippen molar-refractivity contribution >= 4 is 28.2 Å². The molecule has 6 heteroatoms. The molecule has 1 fully saturated rings. The van der Waals surface area contributed by atoms with Crippen LogP contribution in [-0.4, -0.2) is 18.4 Å². The number of benzene rings is 1. The maximum atomic E-state index is 12.6. The summed E-state index contributed by atoms with van der Waals surface area (Å²) in [5.74, 6) is 1.12. The second-order valence-electron chi connectivity index (χ2n) is 10.6. The molecule has 3 N–H and O–H groups in total. The fourth-order valence-corrected chi connectivity index (χ4v) is 6.61. The summed E-state index contributed by atoms with van der Waals surface area (Å²) in [7, 11) is 0. The number of anilines is 1. The van der Waals surface area contributed by atoms with Crippen molar-refractivity contribution in [2.45, 2.75) is 78.1 Å². The molecule has 1 aromatic heterocycles. The molecule has 33 heavy (non-hydrogen) atoms. The standard InChI is InChI=1S/C27H36N2O3S/c1-27(2,3)19-11-14-21-22(15-19)33-26(24(21)25(28)31)29-23(30)16-32-20-12-9-18(10-13-20)17-7-5-4-6-8-17/h9-10,12-13,17,19H,4-8,11,14-16H2,1-3H3,(H2,28,31)(H,29,30). The highest BCUT2D eigenvalue weighted by molar-refractivity contribution is 7.17. The molecular weight excluding hydrogens is 432 g/mol. The molecule has 0 aliphatic heterocycles. The number of carbonyl (C=O) groups excluding carboxylic acids is 2. The smallest absolute Gasteiger partial charge is 0.262 e. The minimum Gasteiger partial charge on any atom is -0.484 e. The number of carbonyl (C=O) groups is 2. The first-order valence-corrected chi connectivity index (χ1v) is 13.0. The Morgan fingerprint density at radius 1 is 1.09 bits per heavy atom. The zero-order valence-corrected chi connectivity index (χ0v) is 20.9. The minimum atomic E-state index is -0.476. The number of nitrogens with two attached hydrogens (primary N) is 1. The van der Waals surface area contributed by atoms with Crippen LogP contribution in [0, 0.1) is 11.3 Å². The van der Waals surface area contributed by atoms with Crippen LogP contribution in [0.5, 0.6) is 5.75 Å². The van der Waals surface area contributed by atoms with E-state index in [1.165, 1.54) is 53.9 Å². The third-order valence-corrected chi connectivity index (χ3v) is 8.49. The monoisotopic (exact) mass is 468 g/mol. The summed E-state index contributed by atoms with van der Waals surface area (Å²) in [5, 5.41) is 3.45. The second-order valence-corrected chi connectivity index (χ2v) is 11.7. The maximum Gasteiger partial charge on any atom is 0.262 e. The number of amides is 2. The molecule has 1 heterocycles. The molecule has 0 bridgehead atoms. The van der Waals surface area contributed by atoms with Gasteiger partial charge >= 0.3 is 0 Å². The number of primary amides is 1. The van der Waals surface area contributed by atoms with Gasteiger partial charge in [0.05, 0.1) is 5.56 Å². The first kappa shape index (κ1) is 23.8. The molecule has 0 spiro atoms. The number of hydrogen-bond acceptors (Lipinski definition) is 4. The third-order valence-electron chi connectivity index (χ3n) is 7.32. The molecule has 0 radical (unpaired) electrons. The van der Waals surface area contributed by atoms with Crippen molar-refractivity contribution in [3.05, 3.63) is 45.8 Å². The average Bonchev–Trinajstić information content (AvgIpc) is 3.15. The SMILES string of the molecule is CC(C)(C)C1CCc2c(sc(NC(=O)COc3ccc(C4CCCCC4)cc3)c2C(N)=O)C1. The van der Waals surface area contributed by atoms with Gasteiger partial charge in [-0.05, 0) is 72.6 Å². The molecule has 1 aromatic carbocycles. The van der Waals surface area contributed by atoms with Crippen molar-refractivity contribution in [2.24, 2.45) is 17.1 Å². The van der Waals surface area contributed by atoms with Crippen molar-refractivity contribution in [3.63, 3.8) is 0 Å². The number of fused-ring (bicyclic) bond motifs is 1. The van der Waals surface area contributed by atoms with Crippen LogP contribution >= 0.6 is 11.3 Å². The first-order chi connectivity index (χ1) is 15.7. The minimum absolute atomic E-state index is 0.103. The van der Waals surface area contributed by atoms with Gasteiger partial charge in [-0.25, -0.2) is 0 Å². The zero-order valence-electron chi connectivity index (χ0n) is 20.0. The Labute approximate surface area is 201 Å². The Morgan fingerprint density at radius 2 is 1.79 bits per heavy atom. The van der Waals surface area contributed by atoms with Gasteiger partial charge < -0.3 is 15.8 Å². The lowest BCUT2D eigenvalue weighted by atomic mass is 9.72. The molecule has 2 amide bonds. The van der Waals surface area contributed by atoms with Gasteiger partial charge in [-0.1, -0.05) is 52.2 Å². The van der Waals surface area contributed by atoms with Crippen molar-refractivity contribution in [1.29, 1.82) is 0 Å². The highest BCUT2D eigenvalue weighted by Crippen LogP contribution is 2.44. The highest BCUT2D eigenvalue weighted by Gasteiger charge is 2.33. The van der Waals surface area contributed by atoms with Crippen molar-refractivity contribution in [2.75, 3.05) is 11.9 Å². The van der Waals surface area contributed by atoms with Crippen LogP contribution in [0.15, 0.2) is 24.3 Å². The largest absolute Gasteiger partial charge is 0.484 e. The number of thiophene rings is 1. The van der Waals surface area contributed by atoms with Crippen LogP contribution in [0.4, 0.5) is 5.00 Å². The van der Waals surface area contributed by atoms with E-state index in [4.69, 9.17) is 10.5 Å². The predicted molar refractivity (Wildman–Crippen MR) is 134 cm³/mol. The second kappa shape index (κ2) is 9.88. The number of hydrogen-bond donors (Lipinski definition) is 2. The van der Waals surface area contributed by atoms with Crippen LogP contribution in [-0.2, 0) is 17.6 Å². The van der Waals surface area contributed by atoms with Crippen molar-refractivity contribution < 1.29 is 14.3 Å². The number of rotatable bonds is 6. The molecule has 4 rings (SSSR count). The lowest BCUT2D eigenvalue weighted by molar-refractivity contribution is -0.118. The average molecular weight is 469 g/mol. The molecule has 2 aliphatic carbocycles. The number of nitrogens with one attached hydrogen (secondary N) is 1. The summed E-state index contributed by atoms with van der Waals surface area (Å²) in [6.07, 6.45) is 9.24. The van der Waals surface area contributed by atoms with Gasteiger partial charge in [-0.2, -0.15) is 0 Å². The molecular formula is C27H36N2O3S. The van der Waals surface area contributed by atoms with Crippen LogP contribution < -0.4 is 15.8 Å². The quantitative estimate of drug-likeness (QED) is 0.540. The predicted octanol–water partition coefficient (Wildman–Crippen LogP) is 6.06. The molecule has 1 unspecified atom stereocenters. The van der Waals surface area contributed by atoms with Crippen molar-refractivity contribution in [3.8, 4) is 5.75 Å². The summed E-state index contributed by atoms with van der Waals surface area (Å²) in [5.41, 5.74) is 8.76. The van der Waals surface area contributed by atoms with E-state index in [1.54, 1.807) is 0 Å². The van der Waals surface area contributed by atoms with Gasteiger partial charge in [0.25, 0.3) is 11.8 Å². The Hall–Kier alpha value is -2.34. The lowest BCUT2D eigenvalue weighted by Crippen LogP contribution is -2.27. The zero-order chi connectivity index (χ0) is 23.6. The Morgan fingerprint density at radius 3 is 2.42 bits per heavy atom. The summed E-state index contributed by atoms with van der Waals surface area (Å²) in [4.78, 5) is 26.0. The highest BCUT2D eigenvalue weighted by atomic mass is 32.1. The summed E-state index contributed by atoms with van der Waals surface area (Å²) in [6.45, 7) is 6.67. The van der Waals surface area contributed by atoms with Gasteiger partial charge in [-0.3, -0.25) is 9.59 Å². The van der Waals surface area contributed by atoms with Gasteiger partial charge in [0.2, 0.25) is 0 Å². The van der Waals surface area contributed by atoms with E-state index >= 15 is 0 Å². The van der Waals surface area contributed by atoms with Gasteiger partial charge in [0.15, 0.2) is 6.61 Å². The molecule has 178 valence electrons. The van der Waals surface area contributed by atoms with E-state index in [0.717, 1.165) is 24.8 Å². The van der Waals surface area contributed by atoms with Gasteiger partial charge in [0, 0.05) is 4.88 Å². The molecule has 1 saturated carbocycles. The van der Waals surface area contributed by atoms with E-state index in [0.29, 0.717) is 28.1 Å². The van der Waals surface area contributed by atoms with Gasteiger partial charge in [-0.15, -0.1) is 11.3 Å². The molecule has 1 atom stereocenters. The van der Waals surface area contributed by atoms with Crippen LogP contribution in [0.3, 0.4) is 0 Å². The molecule has 5 nitrogen and oxygen atoms in total. The lowest BCUT2D eigenvalue weighted by Gasteiger charge is -2.33. The summed E-state index contributed by atoms with van der Waals surface area (Å²) >= 11 is 1.49. The van der Waals surface area contributed by atoms with Crippen LogP contribution in [0.25, 0.3) is 0 Å². The fourth-order valence-electron chi connectivity index (χ4n) is 5.26. The summed E-state index contributed by atoms with van der Waals surface area (Å²) < 4.78 is 5.72. The van der Waals surface area contributed by atoms with E-state index in [2.05, 4.69) is 38.2 Å². The first-order valence-electron chi connectivity index (χ1n) is 12.2. The fraction of sp³-hybridized carbons (Fsp3) is 0.556. The summed E-state index contributed by atoms with van der Waals surface area (Å²) in [6, 6.07) is 8.13. The van der Waals surface area contributed by atoms with Crippen molar-refractivity contribution in [1.82, 2.24) is 0 Å². The number of ether oxygens (including phenoxy) is 1. The van der Waals surface area contributed by atoms with E-state index < -0.39 is 5.91 Å². The Bertz CT molecular complexity index is 998. The van der Waals surface area contributed by atoms with Crippen LogP contribution in [0.1, 0.15) is 91.6 Å². The normalized spacial score (nSPS) is 19.1. The maximum absolute atomic E-state index is 12.6. The van der Waals surface area contributed by atoms with E-state index in [-0.39, 0.29) is 17.9 Å². The molecule has 2 aliphatic rings. The third kappa shape index (κ3) is 5.60. The van der Waals surface area contributed by atoms with Crippen LogP contribution in [0.2, 0.25) is 0 Å². The Balaban J connectivity index is 1.38. The van der Waals surface area contributed by atoms with E-state index in [9.17, 15) is 9.59 Å². The topological polar surface area (TPSA) is 81.4 Å². The molecule has 2 aromatic rings. The molecule has 0 saturated heterocycles. The van der Waals surface area contributed by atoms with E-state index in [1.807, 2.05) is 12.1 Å². The Kier molecular flexibility index (Phi) is 7.13. The van der Waals surface area contributed by atoms with Gasteiger partial charge in [0.1, 0.15) is 10.8 Å².